The van der Waals surface area contributed by atoms with Gasteiger partial charge in [0.05, 0.1) is 57.6 Å². The van der Waals surface area contributed by atoms with Crippen molar-refractivity contribution in [1.29, 1.82) is 0 Å². The Morgan fingerprint density at radius 1 is 0.266 bits per heavy atom. The van der Waals surface area contributed by atoms with E-state index in [2.05, 4.69) is 230 Å². The summed E-state index contributed by atoms with van der Waals surface area (Å²) in [4.78, 5) is 17.4. The van der Waals surface area contributed by atoms with E-state index < -0.39 is 0 Å². The molecule has 11 aromatic carbocycles. The first kappa shape index (κ1) is 45.3. The zero-order valence-corrected chi connectivity index (χ0v) is 42.5. The number of aromatic nitrogens is 5. The third kappa shape index (κ3) is 7.41. The van der Waals surface area contributed by atoms with Gasteiger partial charge in [-0.2, -0.15) is 0 Å². The van der Waals surface area contributed by atoms with Gasteiger partial charge >= 0.3 is 0 Å². The van der Waals surface area contributed by atoms with E-state index in [4.69, 9.17) is 23.1 Å². The molecule has 0 unspecified atom stereocenters. The summed E-state index contributed by atoms with van der Waals surface area (Å²) in [5, 5.41) is 7.33. The van der Waals surface area contributed by atoms with E-state index in [0.717, 1.165) is 61.5 Å². The highest BCUT2D eigenvalue weighted by molar-refractivity contribution is 6.14. The Labute approximate surface area is 455 Å². The second-order valence-corrected chi connectivity index (χ2v) is 19.9. The summed E-state index contributed by atoms with van der Waals surface area (Å²) in [5.74, 6) is 0.441. The highest BCUT2D eigenvalue weighted by Gasteiger charge is 2.20. The van der Waals surface area contributed by atoms with Crippen LogP contribution in [0.15, 0.2) is 261 Å². The normalized spacial score (nSPS) is 11.5. The Bertz CT molecular complexity index is 4670. The van der Waals surface area contributed by atoms with Crippen molar-refractivity contribution in [2.75, 3.05) is 0 Å². The van der Waals surface area contributed by atoms with Gasteiger partial charge in [-0.3, -0.25) is 0 Å². The molecule has 0 fully saturated rings. The quantitative estimate of drug-likeness (QED) is 0.142. The lowest BCUT2D eigenvalue weighted by atomic mass is 9.98. The van der Waals surface area contributed by atoms with Crippen LogP contribution < -0.4 is 0 Å². The maximum absolute atomic E-state index is 7.84. The summed E-state index contributed by atoms with van der Waals surface area (Å²) >= 11 is 0. The SMILES string of the molecule is [C-]#[N+]c1ccccc1-c1cc(-c2ccc(-c3ccc(-c4ccc(-n5c6ccc(-n7c8ccccc8c8ccccc87)cc6c6cc(-n7c8ccccc8c8ccccc87)ccc65)cc4)cc3)cc2)nc(-c2ccccc2[N+]#[C-])n1. The molecule has 0 saturated carbocycles. The second-order valence-electron chi connectivity index (χ2n) is 19.9. The van der Waals surface area contributed by atoms with Crippen molar-refractivity contribution in [3.05, 3.63) is 284 Å². The lowest BCUT2D eigenvalue weighted by molar-refractivity contribution is 1.16. The largest absolute Gasteiger partial charge is 0.309 e. The number of rotatable bonds is 8. The van der Waals surface area contributed by atoms with Gasteiger partial charge in [0, 0.05) is 66.1 Å². The predicted octanol–water partition coefficient (Wildman–Crippen LogP) is 19.2. The topological polar surface area (TPSA) is 49.3 Å². The summed E-state index contributed by atoms with van der Waals surface area (Å²) in [6.07, 6.45) is 0. The van der Waals surface area contributed by atoms with Gasteiger partial charge < -0.3 is 13.7 Å². The molecule has 0 aliphatic carbocycles. The van der Waals surface area contributed by atoms with Gasteiger partial charge in [0.1, 0.15) is 5.82 Å². The molecular weight excluding hydrogens is 963 g/mol. The van der Waals surface area contributed by atoms with E-state index in [-0.39, 0.29) is 0 Å². The van der Waals surface area contributed by atoms with Crippen molar-refractivity contribution in [1.82, 2.24) is 23.7 Å². The van der Waals surface area contributed by atoms with Crippen LogP contribution in [0.5, 0.6) is 0 Å². The molecule has 0 aliphatic heterocycles. The van der Waals surface area contributed by atoms with Crippen molar-refractivity contribution in [2.45, 2.75) is 0 Å². The number of nitrogens with zero attached hydrogens (tertiary/aromatic N) is 7. The van der Waals surface area contributed by atoms with Crippen molar-refractivity contribution in [3.8, 4) is 73.2 Å². The molecule has 0 bridgehead atoms. The highest BCUT2D eigenvalue weighted by Crippen LogP contribution is 2.41. The molecule has 0 amide bonds. The van der Waals surface area contributed by atoms with Crippen LogP contribution in [0.3, 0.4) is 0 Å². The molecule has 0 atom stereocenters. The van der Waals surface area contributed by atoms with Gasteiger partial charge in [-0.25, -0.2) is 19.7 Å². The van der Waals surface area contributed by atoms with Gasteiger partial charge in [-0.05, 0) is 101 Å². The van der Waals surface area contributed by atoms with E-state index in [0.29, 0.717) is 34.2 Å². The number of hydrogen-bond donors (Lipinski definition) is 0. The van der Waals surface area contributed by atoms with Gasteiger partial charge in [-0.1, -0.05) is 182 Å². The number of benzene rings is 11. The highest BCUT2D eigenvalue weighted by atomic mass is 15.0. The Kier molecular flexibility index (Phi) is 10.5. The van der Waals surface area contributed by atoms with Gasteiger partial charge in [0.25, 0.3) is 0 Å². The Hall–Kier alpha value is -11.1. The molecule has 366 valence electrons. The van der Waals surface area contributed by atoms with Crippen LogP contribution in [-0.2, 0) is 0 Å². The van der Waals surface area contributed by atoms with Crippen LogP contribution in [0.25, 0.3) is 148 Å². The smallest absolute Gasteiger partial charge is 0.198 e. The molecule has 0 spiro atoms. The zero-order valence-electron chi connectivity index (χ0n) is 42.5. The molecular formula is C72H43N7. The van der Waals surface area contributed by atoms with E-state index in [1.165, 1.54) is 54.4 Å². The van der Waals surface area contributed by atoms with Crippen molar-refractivity contribution in [2.24, 2.45) is 0 Å². The molecule has 0 radical (unpaired) electrons. The van der Waals surface area contributed by atoms with Crippen LogP contribution >= 0.6 is 0 Å². The summed E-state index contributed by atoms with van der Waals surface area (Å²) in [6.45, 7) is 15.7. The Balaban J connectivity index is 0.785. The Morgan fingerprint density at radius 3 is 1.05 bits per heavy atom. The van der Waals surface area contributed by atoms with E-state index in [1.807, 2.05) is 42.5 Å². The minimum Gasteiger partial charge on any atom is -0.309 e. The first-order valence-electron chi connectivity index (χ1n) is 26.3. The molecule has 0 saturated heterocycles. The zero-order chi connectivity index (χ0) is 52.6. The van der Waals surface area contributed by atoms with Crippen LogP contribution in [0.4, 0.5) is 11.4 Å². The molecule has 0 aliphatic rings. The minimum atomic E-state index is 0.441. The summed E-state index contributed by atoms with van der Waals surface area (Å²) in [5.41, 5.74) is 19.4. The van der Waals surface area contributed by atoms with Crippen LogP contribution in [0.1, 0.15) is 0 Å². The van der Waals surface area contributed by atoms with Gasteiger partial charge in [-0.15, -0.1) is 0 Å². The van der Waals surface area contributed by atoms with Crippen molar-refractivity contribution < 1.29 is 0 Å². The van der Waals surface area contributed by atoms with Crippen LogP contribution in [0, 0.1) is 13.1 Å². The molecule has 4 heterocycles. The van der Waals surface area contributed by atoms with Gasteiger partial charge in [0.15, 0.2) is 11.4 Å². The maximum Gasteiger partial charge on any atom is 0.198 e. The summed E-state index contributed by atoms with van der Waals surface area (Å²) in [7, 11) is 0. The maximum atomic E-state index is 7.84. The molecule has 15 rings (SSSR count). The van der Waals surface area contributed by atoms with Crippen molar-refractivity contribution >= 4 is 76.8 Å². The lowest BCUT2D eigenvalue weighted by Crippen LogP contribution is -1.96. The summed E-state index contributed by atoms with van der Waals surface area (Å²) in [6, 6.07) is 91.6. The molecule has 7 nitrogen and oxygen atoms in total. The fourth-order valence-corrected chi connectivity index (χ4v) is 11.9. The second kappa shape index (κ2) is 18.3. The van der Waals surface area contributed by atoms with Gasteiger partial charge in [0.2, 0.25) is 0 Å². The molecule has 4 aromatic heterocycles. The van der Waals surface area contributed by atoms with Crippen LogP contribution in [-0.4, -0.2) is 23.7 Å². The average molecular weight is 1010 g/mol. The standard InChI is InChI=1S/C72H43N7/c1-73-62-21-9-3-19-58(62)65-45-64(75-72(76-65)59-20-4-10-22-63(59)74-2)50-33-31-48(32-34-50)46-27-29-47(30-28-46)49-35-37-51(38-36-49)77-70-41-39-52(78-66-23-11-5-15-54(66)55-16-6-12-24-67(55)78)43-60(70)61-44-53(40-42-71(61)77)79-68-25-13-7-17-56(68)57-18-8-14-26-69(57)79/h3-45H. The first-order valence-corrected chi connectivity index (χ1v) is 26.3. The summed E-state index contributed by atoms with van der Waals surface area (Å²) < 4.78 is 7.23. The molecule has 0 N–H and O–H groups in total. The third-order valence-corrected chi connectivity index (χ3v) is 15.6. The Morgan fingerprint density at radius 2 is 0.595 bits per heavy atom. The first-order chi connectivity index (χ1) is 39.1. The van der Waals surface area contributed by atoms with E-state index >= 15 is 0 Å². The minimum absolute atomic E-state index is 0.441. The molecule has 7 heteroatoms. The lowest BCUT2D eigenvalue weighted by Gasteiger charge is -2.12. The average Bonchev–Trinajstić information content (AvgIpc) is 4.20. The predicted molar refractivity (Wildman–Crippen MR) is 325 cm³/mol. The van der Waals surface area contributed by atoms with Crippen molar-refractivity contribution in [3.63, 3.8) is 0 Å². The molecule has 15 aromatic rings. The van der Waals surface area contributed by atoms with E-state index in [1.54, 1.807) is 12.1 Å². The monoisotopic (exact) mass is 1010 g/mol. The van der Waals surface area contributed by atoms with E-state index in [9.17, 15) is 0 Å². The molecule has 79 heavy (non-hydrogen) atoms. The number of para-hydroxylation sites is 6. The number of fused-ring (bicyclic) bond motifs is 9. The third-order valence-electron chi connectivity index (χ3n) is 15.6. The number of hydrogen-bond acceptors (Lipinski definition) is 2. The fourth-order valence-electron chi connectivity index (χ4n) is 11.9. The van der Waals surface area contributed by atoms with Crippen LogP contribution in [0.2, 0.25) is 0 Å². The fraction of sp³-hybridized carbons (Fsp3) is 0.